The Bertz CT molecular complexity index is 317. The molecule has 0 radical (unpaired) electrons. The molecular weight excluding hydrogens is 204 g/mol. The molecule has 0 bridgehead atoms. The zero-order chi connectivity index (χ0) is 10.4. The third kappa shape index (κ3) is 3.33. The van der Waals surface area contributed by atoms with E-state index in [1.54, 1.807) is 24.3 Å². The number of hydroxylamine groups is 1. The van der Waals surface area contributed by atoms with Gasteiger partial charge in [0.05, 0.1) is 17.8 Å². The highest BCUT2D eigenvalue weighted by atomic mass is 35.5. The fourth-order valence-electron chi connectivity index (χ4n) is 0.895. The van der Waals surface area contributed by atoms with E-state index in [0.29, 0.717) is 10.7 Å². The van der Waals surface area contributed by atoms with Crippen LogP contribution in [0.3, 0.4) is 0 Å². The molecule has 1 amide bonds. The van der Waals surface area contributed by atoms with Crippen molar-refractivity contribution in [1.82, 2.24) is 5.48 Å². The quantitative estimate of drug-likeness (QED) is 0.746. The maximum Gasteiger partial charge on any atom is 0.240 e. The first-order valence-electron chi connectivity index (χ1n) is 4.04. The van der Waals surface area contributed by atoms with Crippen molar-refractivity contribution in [3.8, 4) is 0 Å². The van der Waals surface area contributed by atoms with E-state index in [0.717, 1.165) is 0 Å². The van der Waals surface area contributed by atoms with Gasteiger partial charge in [0.25, 0.3) is 0 Å². The van der Waals surface area contributed by atoms with E-state index in [-0.39, 0.29) is 12.5 Å². The molecule has 76 valence electrons. The number of anilines is 1. The molecule has 0 aliphatic heterocycles. The minimum Gasteiger partial charge on any atom is -0.324 e. The minimum absolute atomic E-state index is 0.0850. The largest absolute Gasteiger partial charge is 0.324 e. The Balaban J connectivity index is 2.52. The Labute approximate surface area is 87.2 Å². The monoisotopic (exact) mass is 214 g/mol. The van der Waals surface area contributed by atoms with E-state index < -0.39 is 0 Å². The molecule has 2 N–H and O–H groups in total. The lowest BCUT2D eigenvalue weighted by Gasteiger charge is -2.06. The van der Waals surface area contributed by atoms with Crippen LogP contribution < -0.4 is 10.8 Å². The normalized spacial score (nSPS) is 9.86. The molecule has 1 aromatic rings. The number of benzene rings is 1. The first-order chi connectivity index (χ1) is 6.74. The molecule has 0 aliphatic carbocycles. The number of hydrogen-bond acceptors (Lipinski definition) is 3. The summed E-state index contributed by atoms with van der Waals surface area (Å²) < 4.78 is 0. The van der Waals surface area contributed by atoms with E-state index in [1.807, 2.05) is 0 Å². The lowest BCUT2D eigenvalue weighted by atomic mass is 10.3. The highest BCUT2D eigenvalue weighted by molar-refractivity contribution is 6.33. The Hall–Kier alpha value is -1.10. The molecule has 14 heavy (non-hydrogen) atoms. The van der Waals surface area contributed by atoms with Crippen molar-refractivity contribution in [3.63, 3.8) is 0 Å². The van der Waals surface area contributed by atoms with Gasteiger partial charge in [0, 0.05) is 0 Å². The van der Waals surface area contributed by atoms with Crippen LogP contribution in [0.25, 0.3) is 0 Å². The van der Waals surface area contributed by atoms with E-state index in [9.17, 15) is 4.79 Å². The second kappa shape index (κ2) is 5.59. The van der Waals surface area contributed by atoms with E-state index in [4.69, 9.17) is 11.6 Å². The number of halogens is 1. The summed E-state index contributed by atoms with van der Waals surface area (Å²) in [5.74, 6) is -0.208. The molecule has 0 unspecified atom stereocenters. The molecule has 0 atom stereocenters. The Morgan fingerprint density at radius 3 is 2.86 bits per heavy atom. The molecule has 0 heterocycles. The molecule has 0 fully saturated rings. The van der Waals surface area contributed by atoms with E-state index in [1.165, 1.54) is 7.11 Å². The number of carbonyl (C=O) groups is 1. The van der Waals surface area contributed by atoms with Crippen LogP contribution in [0.4, 0.5) is 5.69 Å². The van der Waals surface area contributed by atoms with Crippen molar-refractivity contribution < 1.29 is 9.63 Å². The standard InChI is InChI=1S/C9H11ClN2O2/c1-14-11-6-9(13)12-8-5-3-2-4-7(8)10/h2-5,11H,6H2,1H3,(H,12,13). The van der Waals surface area contributed by atoms with E-state index in [2.05, 4.69) is 15.6 Å². The van der Waals surface area contributed by atoms with Gasteiger partial charge >= 0.3 is 0 Å². The Kier molecular flexibility index (Phi) is 4.39. The third-order valence-corrected chi connectivity index (χ3v) is 1.85. The maximum atomic E-state index is 11.2. The van der Waals surface area contributed by atoms with Gasteiger partial charge in [0.1, 0.15) is 6.54 Å². The average Bonchev–Trinajstić information content (AvgIpc) is 2.18. The zero-order valence-electron chi connectivity index (χ0n) is 7.71. The molecular formula is C9H11ClN2O2. The second-order valence-electron chi connectivity index (χ2n) is 2.55. The van der Waals surface area contributed by atoms with Crippen molar-refractivity contribution in [3.05, 3.63) is 29.3 Å². The minimum atomic E-state index is -0.208. The molecule has 0 spiro atoms. The van der Waals surface area contributed by atoms with Crippen molar-refractivity contribution in [2.45, 2.75) is 0 Å². The number of para-hydroxylation sites is 1. The van der Waals surface area contributed by atoms with Crippen LogP contribution in [-0.4, -0.2) is 19.6 Å². The highest BCUT2D eigenvalue weighted by Gasteiger charge is 2.03. The van der Waals surface area contributed by atoms with Gasteiger partial charge in [-0.25, -0.2) is 0 Å². The Morgan fingerprint density at radius 1 is 1.50 bits per heavy atom. The van der Waals surface area contributed by atoms with Crippen LogP contribution >= 0.6 is 11.6 Å². The molecule has 1 aromatic carbocycles. The predicted molar refractivity (Wildman–Crippen MR) is 55.1 cm³/mol. The van der Waals surface area contributed by atoms with Crippen molar-refractivity contribution in [2.24, 2.45) is 0 Å². The molecule has 1 rings (SSSR count). The SMILES string of the molecule is CONCC(=O)Nc1ccccc1Cl. The van der Waals surface area contributed by atoms with Gasteiger partial charge < -0.3 is 10.2 Å². The summed E-state index contributed by atoms with van der Waals surface area (Å²) in [5.41, 5.74) is 3.03. The van der Waals surface area contributed by atoms with Crippen molar-refractivity contribution in [2.75, 3.05) is 19.0 Å². The van der Waals surface area contributed by atoms with E-state index >= 15 is 0 Å². The number of amides is 1. The average molecular weight is 215 g/mol. The lowest BCUT2D eigenvalue weighted by Crippen LogP contribution is -2.27. The fourth-order valence-corrected chi connectivity index (χ4v) is 1.08. The van der Waals surface area contributed by atoms with Crippen molar-refractivity contribution in [1.29, 1.82) is 0 Å². The summed E-state index contributed by atoms with van der Waals surface area (Å²) in [6.07, 6.45) is 0. The number of rotatable bonds is 4. The van der Waals surface area contributed by atoms with Crippen LogP contribution in [0.1, 0.15) is 0 Å². The molecule has 5 heteroatoms. The summed E-state index contributed by atoms with van der Waals surface area (Å²) in [6, 6.07) is 7.03. The molecule has 0 saturated heterocycles. The number of carbonyl (C=O) groups excluding carboxylic acids is 1. The third-order valence-electron chi connectivity index (χ3n) is 1.53. The smallest absolute Gasteiger partial charge is 0.240 e. The first kappa shape index (κ1) is 11.0. The van der Waals surface area contributed by atoms with Gasteiger partial charge in [-0.05, 0) is 12.1 Å². The number of nitrogens with one attached hydrogen (secondary N) is 2. The molecule has 0 aromatic heterocycles. The summed E-state index contributed by atoms with van der Waals surface area (Å²) in [4.78, 5) is 15.7. The topological polar surface area (TPSA) is 50.4 Å². The van der Waals surface area contributed by atoms with Gasteiger partial charge in [-0.3, -0.25) is 4.79 Å². The zero-order valence-corrected chi connectivity index (χ0v) is 8.47. The first-order valence-corrected chi connectivity index (χ1v) is 4.42. The summed E-state index contributed by atoms with van der Waals surface area (Å²) in [5, 5.41) is 3.14. The lowest BCUT2D eigenvalue weighted by molar-refractivity contribution is -0.117. The van der Waals surface area contributed by atoms with Crippen LogP contribution in [0.2, 0.25) is 5.02 Å². The number of hydrogen-bond donors (Lipinski definition) is 2. The van der Waals surface area contributed by atoms with Gasteiger partial charge in [-0.2, -0.15) is 5.48 Å². The van der Waals surface area contributed by atoms with Crippen LogP contribution in [0.15, 0.2) is 24.3 Å². The van der Waals surface area contributed by atoms with Crippen molar-refractivity contribution >= 4 is 23.2 Å². The summed E-state index contributed by atoms with van der Waals surface area (Å²) in [7, 11) is 1.45. The molecule has 4 nitrogen and oxygen atoms in total. The summed E-state index contributed by atoms with van der Waals surface area (Å²) in [6.45, 7) is 0.0850. The summed E-state index contributed by atoms with van der Waals surface area (Å²) >= 11 is 5.84. The highest BCUT2D eigenvalue weighted by Crippen LogP contribution is 2.19. The fraction of sp³-hybridized carbons (Fsp3) is 0.222. The predicted octanol–water partition coefficient (Wildman–Crippen LogP) is 1.43. The maximum absolute atomic E-state index is 11.2. The van der Waals surface area contributed by atoms with Gasteiger partial charge in [-0.1, -0.05) is 23.7 Å². The van der Waals surface area contributed by atoms with Gasteiger partial charge in [0.15, 0.2) is 0 Å². The van der Waals surface area contributed by atoms with Crippen LogP contribution in [-0.2, 0) is 9.63 Å². The second-order valence-corrected chi connectivity index (χ2v) is 2.96. The van der Waals surface area contributed by atoms with Gasteiger partial charge in [-0.15, -0.1) is 0 Å². The van der Waals surface area contributed by atoms with Gasteiger partial charge in [0.2, 0.25) is 5.91 Å². The molecule has 0 saturated carbocycles. The van der Waals surface area contributed by atoms with Crippen LogP contribution in [0, 0.1) is 0 Å². The van der Waals surface area contributed by atoms with Crippen LogP contribution in [0.5, 0.6) is 0 Å². The molecule has 0 aliphatic rings. The Morgan fingerprint density at radius 2 is 2.21 bits per heavy atom.